The lowest BCUT2D eigenvalue weighted by atomic mass is 10.0. The van der Waals surface area contributed by atoms with Crippen molar-refractivity contribution < 1.29 is 14.7 Å². The average Bonchev–Trinajstić information content (AvgIpc) is 2.90. The molecule has 0 atom stereocenters. The number of nitrogens with two attached hydrogens (primary N) is 1. The average molecular weight is 371 g/mol. The molecule has 0 unspecified atom stereocenters. The fraction of sp³-hybridized carbons (Fsp3) is 0.167. The molecule has 0 aliphatic carbocycles. The van der Waals surface area contributed by atoms with Gasteiger partial charge in [-0.05, 0) is 29.7 Å². The van der Waals surface area contributed by atoms with Crippen LogP contribution >= 0.6 is 11.3 Å². The number of nitrogen functional groups attached to an aromatic ring is 1. The Labute approximate surface area is 152 Å². The van der Waals surface area contributed by atoms with Crippen LogP contribution in [-0.4, -0.2) is 22.0 Å². The van der Waals surface area contributed by atoms with Gasteiger partial charge in [-0.3, -0.25) is 9.59 Å². The molecule has 0 spiro atoms. The van der Waals surface area contributed by atoms with Gasteiger partial charge in [0.1, 0.15) is 15.3 Å². The molecule has 134 valence electrons. The van der Waals surface area contributed by atoms with Crippen molar-refractivity contribution in [3.05, 3.63) is 56.7 Å². The minimum absolute atomic E-state index is 0.139. The number of amides is 1. The van der Waals surface area contributed by atoms with Crippen molar-refractivity contribution >= 4 is 44.8 Å². The normalized spacial score (nSPS) is 11.0. The van der Waals surface area contributed by atoms with Gasteiger partial charge in [0, 0.05) is 11.1 Å². The molecule has 0 fully saturated rings. The minimum Gasteiger partial charge on any atom is -0.477 e. The SMILES string of the molecule is CC(C)c1ccc(NC(=O)c2sc3[nH]c(=O)c(C(=O)O)cc3c2N)cc1. The number of fused-ring (bicyclic) bond motifs is 1. The van der Waals surface area contributed by atoms with Crippen molar-refractivity contribution in [3.8, 4) is 0 Å². The molecule has 5 N–H and O–H groups in total. The van der Waals surface area contributed by atoms with E-state index in [2.05, 4.69) is 24.1 Å². The van der Waals surface area contributed by atoms with Gasteiger partial charge in [-0.2, -0.15) is 0 Å². The number of H-pyrrole nitrogens is 1. The number of nitrogens with one attached hydrogen (secondary N) is 2. The summed E-state index contributed by atoms with van der Waals surface area (Å²) in [6.45, 7) is 4.16. The second kappa shape index (κ2) is 6.64. The molecule has 2 heterocycles. The summed E-state index contributed by atoms with van der Waals surface area (Å²) in [5, 5.41) is 12.2. The van der Waals surface area contributed by atoms with Gasteiger partial charge in [0.15, 0.2) is 0 Å². The summed E-state index contributed by atoms with van der Waals surface area (Å²) in [5.74, 6) is -1.38. The van der Waals surface area contributed by atoms with E-state index in [1.807, 2.05) is 12.1 Å². The highest BCUT2D eigenvalue weighted by atomic mass is 32.1. The summed E-state index contributed by atoms with van der Waals surface area (Å²) in [7, 11) is 0. The predicted molar refractivity (Wildman–Crippen MR) is 102 cm³/mol. The van der Waals surface area contributed by atoms with E-state index >= 15 is 0 Å². The maximum absolute atomic E-state index is 12.5. The molecular formula is C18H17N3O4S. The topological polar surface area (TPSA) is 125 Å². The number of carbonyl (C=O) groups is 2. The van der Waals surface area contributed by atoms with Crippen molar-refractivity contribution in [1.82, 2.24) is 4.98 Å². The molecule has 0 saturated carbocycles. The van der Waals surface area contributed by atoms with Crippen molar-refractivity contribution in [1.29, 1.82) is 0 Å². The van der Waals surface area contributed by atoms with Gasteiger partial charge in [-0.25, -0.2) is 4.79 Å². The predicted octanol–water partition coefficient (Wildman–Crippen LogP) is 3.25. The maximum Gasteiger partial charge on any atom is 0.341 e. The Kier molecular flexibility index (Phi) is 4.52. The van der Waals surface area contributed by atoms with E-state index in [0.29, 0.717) is 21.8 Å². The number of aromatic nitrogens is 1. The monoisotopic (exact) mass is 371 g/mol. The maximum atomic E-state index is 12.5. The van der Waals surface area contributed by atoms with Gasteiger partial charge in [0.2, 0.25) is 0 Å². The van der Waals surface area contributed by atoms with Gasteiger partial charge in [0.05, 0.1) is 5.69 Å². The van der Waals surface area contributed by atoms with Gasteiger partial charge in [-0.1, -0.05) is 26.0 Å². The first kappa shape index (κ1) is 17.7. The number of anilines is 2. The first-order valence-electron chi connectivity index (χ1n) is 7.87. The van der Waals surface area contributed by atoms with Crippen LogP contribution in [0.3, 0.4) is 0 Å². The molecule has 3 rings (SSSR count). The first-order valence-corrected chi connectivity index (χ1v) is 8.69. The summed E-state index contributed by atoms with van der Waals surface area (Å²) < 4.78 is 0. The minimum atomic E-state index is -1.35. The molecule has 0 saturated heterocycles. The van der Waals surface area contributed by atoms with E-state index in [1.165, 1.54) is 6.07 Å². The molecule has 7 nitrogen and oxygen atoms in total. The van der Waals surface area contributed by atoms with Crippen molar-refractivity contribution in [2.24, 2.45) is 0 Å². The number of aromatic carboxylic acids is 1. The van der Waals surface area contributed by atoms with E-state index in [9.17, 15) is 14.4 Å². The van der Waals surface area contributed by atoms with E-state index in [0.717, 1.165) is 16.9 Å². The molecule has 0 bridgehead atoms. The molecule has 2 aromatic heterocycles. The number of carbonyl (C=O) groups excluding carboxylic acids is 1. The van der Waals surface area contributed by atoms with Gasteiger partial charge in [0.25, 0.3) is 11.5 Å². The molecule has 1 amide bonds. The zero-order chi connectivity index (χ0) is 19.0. The molecule has 26 heavy (non-hydrogen) atoms. The summed E-state index contributed by atoms with van der Waals surface area (Å²) in [5.41, 5.74) is 6.77. The third kappa shape index (κ3) is 3.18. The Hall–Kier alpha value is -3.13. The van der Waals surface area contributed by atoms with Crippen molar-refractivity contribution in [2.75, 3.05) is 11.1 Å². The van der Waals surface area contributed by atoms with Crippen LogP contribution in [0.2, 0.25) is 0 Å². The van der Waals surface area contributed by atoms with Gasteiger partial charge in [-0.15, -0.1) is 11.3 Å². The van der Waals surface area contributed by atoms with Crippen LogP contribution in [0.5, 0.6) is 0 Å². The smallest absolute Gasteiger partial charge is 0.341 e. The lowest BCUT2D eigenvalue weighted by Gasteiger charge is -2.08. The molecule has 0 radical (unpaired) electrons. The highest BCUT2D eigenvalue weighted by Gasteiger charge is 2.20. The number of pyridine rings is 1. The number of rotatable bonds is 4. The summed E-state index contributed by atoms with van der Waals surface area (Å²) in [6, 6.07) is 8.68. The van der Waals surface area contributed by atoms with Gasteiger partial charge >= 0.3 is 5.97 Å². The zero-order valence-corrected chi connectivity index (χ0v) is 14.9. The Balaban J connectivity index is 1.94. The van der Waals surface area contributed by atoms with Crippen LogP contribution in [0, 0.1) is 0 Å². The molecule has 3 aromatic rings. The highest BCUT2D eigenvalue weighted by molar-refractivity contribution is 7.21. The molecule has 1 aromatic carbocycles. The van der Waals surface area contributed by atoms with Crippen LogP contribution < -0.4 is 16.6 Å². The van der Waals surface area contributed by atoms with Crippen LogP contribution in [0.25, 0.3) is 10.2 Å². The zero-order valence-electron chi connectivity index (χ0n) is 14.1. The first-order chi connectivity index (χ1) is 12.3. The molecule has 0 aliphatic heterocycles. The fourth-order valence-electron chi connectivity index (χ4n) is 2.54. The van der Waals surface area contributed by atoms with Crippen LogP contribution in [0.1, 0.15) is 45.4 Å². The summed E-state index contributed by atoms with van der Waals surface area (Å²) >= 11 is 1.01. The summed E-state index contributed by atoms with van der Waals surface area (Å²) in [4.78, 5) is 38.4. The Morgan fingerprint density at radius 1 is 1.23 bits per heavy atom. The number of carboxylic acid groups (broad SMARTS) is 1. The van der Waals surface area contributed by atoms with Crippen molar-refractivity contribution in [3.63, 3.8) is 0 Å². The van der Waals surface area contributed by atoms with E-state index in [1.54, 1.807) is 12.1 Å². The fourth-order valence-corrected chi connectivity index (χ4v) is 3.53. The standard InChI is InChI=1S/C18H17N3O4S/c1-8(2)9-3-5-10(6-4-9)20-16(23)14-13(19)11-7-12(18(24)25)15(22)21-17(11)26-14/h3-8H,19H2,1-2H3,(H,20,23)(H,21,22)(H,24,25). The van der Waals surface area contributed by atoms with Gasteiger partial charge < -0.3 is 21.1 Å². The van der Waals surface area contributed by atoms with Crippen molar-refractivity contribution in [2.45, 2.75) is 19.8 Å². The third-order valence-corrected chi connectivity index (χ3v) is 5.15. The van der Waals surface area contributed by atoms with E-state index < -0.39 is 23.0 Å². The molecule has 0 aliphatic rings. The number of carboxylic acids is 1. The number of hydrogen-bond acceptors (Lipinski definition) is 5. The largest absolute Gasteiger partial charge is 0.477 e. The van der Waals surface area contributed by atoms with Crippen LogP contribution in [0.15, 0.2) is 35.1 Å². The number of benzene rings is 1. The third-order valence-electron chi connectivity index (χ3n) is 4.02. The van der Waals surface area contributed by atoms with E-state index in [4.69, 9.17) is 10.8 Å². The highest BCUT2D eigenvalue weighted by Crippen LogP contribution is 2.32. The number of hydrogen-bond donors (Lipinski definition) is 4. The Bertz CT molecular complexity index is 1060. The molecule has 8 heteroatoms. The van der Waals surface area contributed by atoms with Crippen LogP contribution in [-0.2, 0) is 0 Å². The Morgan fingerprint density at radius 2 is 1.88 bits per heavy atom. The second-order valence-electron chi connectivity index (χ2n) is 6.14. The molecular weight excluding hydrogens is 354 g/mol. The Morgan fingerprint density at radius 3 is 2.46 bits per heavy atom. The number of thiophene rings is 1. The quantitative estimate of drug-likeness (QED) is 0.560. The number of aromatic amines is 1. The van der Waals surface area contributed by atoms with Crippen LogP contribution in [0.4, 0.5) is 11.4 Å². The second-order valence-corrected chi connectivity index (χ2v) is 7.16. The lowest BCUT2D eigenvalue weighted by Crippen LogP contribution is -2.16. The lowest BCUT2D eigenvalue weighted by molar-refractivity contribution is 0.0695. The van der Waals surface area contributed by atoms with E-state index in [-0.39, 0.29) is 10.6 Å². The summed E-state index contributed by atoms with van der Waals surface area (Å²) in [6.07, 6.45) is 0.